The molecule has 1 heterocycles. The third-order valence-electron chi connectivity index (χ3n) is 7.42. The lowest BCUT2D eigenvalue weighted by Crippen LogP contribution is -2.63. The number of ketones is 2. The van der Waals surface area contributed by atoms with Crippen molar-refractivity contribution in [2.45, 2.75) is 31.0 Å². The van der Waals surface area contributed by atoms with Crippen LogP contribution >= 0.6 is 0 Å². The number of aromatic nitrogens is 1. The number of phenols is 1. The number of phenolic OH excluding ortho intramolecular Hbond substituents is 1. The van der Waals surface area contributed by atoms with Crippen molar-refractivity contribution in [3.63, 3.8) is 0 Å². The van der Waals surface area contributed by atoms with Gasteiger partial charge in [0, 0.05) is 35.6 Å². The van der Waals surface area contributed by atoms with Crippen LogP contribution in [-0.2, 0) is 14.4 Å². The molecule has 35 heavy (non-hydrogen) atoms. The Bertz CT molecular complexity index is 1380. The van der Waals surface area contributed by atoms with E-state index in [2.05, 4.69) is 4.98 Å². The van der Waals surface area contributed by atoms with Crippen molar-refractivity contribution in [3.8, 4) is 17.0 Å². The van der Waals surface area contributed by atoms with Crippen LogP contribution in [0.2, 0.25) is 0 Å². The van der Waals surface area contributed by atoms with E-state index in [4.69, 9.17) is 5.73 Å². The van der Waals surface area contributed by atoms with Gasteiger partial charge in [-0.05, 0) is 35.7 Å². The maximum atomic E-state index is 13.6. The molecule has 3 aliphatic carbocycles. The number of pyridine rings is 1. The molecule has 5 rings (SSSR count). The average Bonchev–Trinajstić information content (AvgIpc) is 2.82. The van der Waals surface area contributed by atoms with E-state index in [1.165, 1.54) is 6.07 Å². The Morgan fingerprint density at radius 3 is 2.49 bits per heavy atom. The fraction of sp³-hybridized carbons (Fsp3) is 0.280. The molecule has 0 bridgehead atoms. The monoisotopic (exact) mass is 478 g/mol. The van der Waals surface area contributed by atoms with Crippen LogP contribution < -0.4 is 5.73 Å². The van der Waals surface area contributed by atoms with Crippen LogP contribution in [0.3, 0.4) is 0 Å². The minimum absolute atomic E-state index is 0.0695. The summed E-state index contributed by atoms with van der Waals surface area (Å²) in [4.78, 5) is 42.3. The number of Topliss-reactive ketones (excluding diaryl/α,β-unsaturated/α-hetero) is 2. The average molecular weight is 478 g/mol. The number of aromatic hydroxyl groups is 1. The summed E-state index contributed by atoms with van der Waals surface area (Å²) in [6.45, 7) is 1.68. The topological polar surface area (TPSA) is 191 Å². The number of hydrogen-bond donors (Lipinski definition) is 6. The summed E-state index contributed by atoms with van der Waals surface area (Å²) in [6, 6.07) is 8.14. The zero-order valence-electron chi connectivity index (χ0n) is 18.5. The molecule has 1 aromatic carbocycles. The van der Waals surface area contributed by atoms with Crippen molar-refractivity contribution >= 4 is 23.2 Å². The number of fused-ring (bicyclic) bond motifs is 3. The molecule has 1 saturated carbocycles. The lowest BCUT2D eigenvalue weighted by atomic mass is 9.55. The normalized spacial score (nSPS) is 30.0. The predicted octanol–water partition coefficient (Wildman–Crippen LogP) is 1.02. The molecule has 2 aromatic rings. The summed E-state index contributed by atoms with van der Waals surface area (Å²) in [5.74, 6) is -8.99. The molecule has 1 amide bonds. The molecule has 10 heteroatoms. The summed E-state index contributed by atoms with van der Waals surface area (Å²) in [5.41, 5.74) is 2.41. The first-order chi connectivity index (χ1) is 16.5. The fourth-order valence-electron chi connectivity index (χ4n) is 5.82. The molecular formula is C25H22N2O8. The molecular weight excluding hydrogens is 456 g/mol. The first-order valence-electron chi connectivity index (χ1n) is 10.9. The Kier molecular flexibility index (Phi) is 4.87. The molecule has 5 unspecified atom stereocenters. The summed E-state index contributed by atoms with van der Waals surface area (Å²) in [7, 11) is 0. The van der Waals surface area contributed by atoms with Gasteiger partial charge in [-0.15, -0.1) is 0 Å². The number of hydrogen-bond acceptors (Lipinski definition) is 9. The molecule has 0 aliphatic heterocycles. The van der Waals surface area contributed by atoms with E-state index in [0.29, 0.717) is 16.8 Å². The zero-order valence-corrected chi connectivity index (χ0v) is 18.5. The van der Waals surface area contributed by atoms with Gasteiger partial charge in [0.05, 0.1) is 17.4 Å². The zero-order chi connectivity index (χ0) is 25.4. The van der Waals surface area contributed by atoms with E-state index in [1.807, 2.05) is 0 Å². The van der Waals surface area contributed by atoms with E-state index in [-0.39, 0.29) is 11.3 Å². The standard InChI is InChI=1S/C25H22N2O8/c1-9-15-10(12-4-2-3-7-27-12)5-6-13(28)17(15)21(31)19-16(9)20(30)11-8-14(29)18(24(26)34)22(32)25(11,35)23(19)33/h2-7,9,11,16,20,28,30-32,35H,8H2,1H3,(H2,26,34). The largest absolute Gasteiger partial charge is 0.508 e. The Labute approximate surface area is 198 Å². The fourth-order valence-corrected chi connectivity index (χ4v) is 5.82. The number of carbonyl (C=O) groups is 3. The summed E-state index contributed by atoms with van der Waals surface area (Å²) in [6.07, 6.45) is -0.637. The highest BCUT2D eigenvalue weighted by Gasteiger charge is 2.65. The number of nitrogens with two attached hydrogens (primary N) is 1. The van der Waals surface area contributed by atoms with Crippen molar-refractivity contribution in [2.24, 2.45) is 17.6 Å². The molecule has 7 N–H and O–H groups in total. The van der Waals surface area contributed by atoms with Gasteiger partial charge in [0.1, 0.15) is 22.8 Å². The third kappa shape index (κ3) is 2.84. The maximum Gasteiger partial charge on any atom is 0.255 e. The van der Waals surface area contributed by atoms with Gasteiger partial charge in [0.15, 0.2) is 11.4 Å². The van der Waals surface area contributed by atoms with Gasteiger partial charge in [0.2, 0.25) is 5.78 Å². The van der Waals surface area contributed by atoms with Gasteiger partial charge < -0.3 is 31.3 Å². The Morgan fingerprint density at radius 2 is 1.86 bits per heavy atom. The van der Waals surface area contributed by atoms with Crippen molar-refractivity contribution in [1.82, 2.24) is 4.98 Å². The van der Waals surface area contributed by atoms with Crippen LogP contribution in [0.15, 0.2) is 53.4 Å². The quantitative estimate of drug-likeness (QED) is 0.342. The highest BCUT2D eigenvalue weighted by Crippen LogP contribution is 2.56. The Balaban J connectivity index is 1.80. The molecule has 0 saturated heterocycles. The number of aliphatic hydroxyl groups is 4. The molecule has 0 radical (unpaired) electrons. The highest BCUT2D eigenvalue weighted by atomic mass is 16.4. The van der Waals surface area contributed by atoms with Crippen molar-refractivity contribution in [2.75, 3.05) is 0 Å². The predicted molar refractivity (Wildman–Crippen MR) is 121 cm³/mol. The Morgan fingerprint density at radius 1 is 1.14 bits per heavy atom. The number of primary amides is 1. The molecule has 5 atom stereocenters. The summed E-state index contributed by atoms with van der Waals surface area (Å²) in [5, 5.41) is 55.2. The highest BCUT2D eigenvalue weighted by molar-refractivity contribution is 6.23. The van der Waals surface area contributed by atoms with E-state index in [1.54, 1.807) is 37.4 Å². The van der Waals surface area contributed by atoms with Crippen LogP contribution in [0, 0.1) is 11.8 Å². The SMILES string of the molecule is CC1c2c(-c3ccccn3)ccc(O)c2C(O)=C2C(=O)C3(O)C(O)=C(C(N)=O)C(=O)CC3C(O)C21. The van der Waals surface area contributed by atoms with E-state index >= 15 is 0 Å². The Hall–Kier alpha value is -4.02. The van der Waals surface area contributed by atoms with Gasteiger partial charge >= 0.3 is 0 Å². The van der Waals surface area contributed by atoms with E-state index in [0.717, 1.165) is 0 Å². The van der Waals surface area contributed by atoms with Crippen LogP contribution in [-0.4, -0.2) is 59.7 Å². The first kappa shape index (κ1) is 22.8. The molecule has 1 fully saturated rings. The van der Waals surface area contributed by atoms with Crippen LogP contribution in [0.1, 0.15) is 30.4 Å². The molecule has 1 aromatic heterocycles. The molecule has 10 nitrogen and oxygen atoms in total. The van der Waals surface area contributed by atoms with Gasteiger partial charge in [-0.25, -0.2) is 0 Å². The van der Waals surface area contributed by atoms with Crippen LogP contribution in [0.4, 0.5) is 0 Å². The lowest BCUT2D eigenvalue weighted by molar-refractivity contribution is -0.160. The van der Waals surface area contributed by atoms with E-state index < -0.39 is 76.0 Å². The smallest absolute Gasteiger partial charge is 0.255 e. The number of carbonyl (C=O) groups excluding carboxylic acids is 3. The van der Waals surface area contributed by atoms with Gasteiger partial charge in [-0.3, -0.25) is 19.4 Å². The number of nitrogens with zero attached hydrogens (tertiary/aromatic N) is 1. The second-order valence-corrected chi connectivity index (χ2v) is 9.12. The summed E-state index contributed by atoms with van der Waals surface area (Å²) < 4.78 is 0. The lowest BCUT2D eigenvalue weighted by Gasteiger charge is -2.50. The van der Waals surface area contributed by atoms with Crippen molar-refractivity contribution in [1.29, 1.82) is 0 Å². The van der Waals surface area contributed by atoms with E-state index in [9.17, 15) is 39.9 Å². The second kappa shape index (κ2) is 7.49. The van der Waals surface area contributed by atoms with Crippen LogP contribution in [0.25, 0.3) is 17.0 Å². The third-order valence-corrected chi connectivity index (χ3v) is 7.42. The van der Waals surface area contributed by atoms with Crippen molar-refractivity contribution in [3.05, 3.63) is 64.6 Å². The molecule has 0 spiro atoms. The number of benzene rings is 1. The number of rotatable bonds is 2. The minimum Gasteiger partial charge on any atom is -0.508 e. The molecule has 3 aliphatic rings. The summed E-state index contributed by atoms with van der Waals surface area (Å²) >= 11 is 0. The van der Waals surface area contributed by atoms with Gasteiger partial charge in [-0.1, -0.05) is 13.0 Å². The number of amides is 1. The van der Waals surface area contributed by atoms with Gasteiger partial charge in [0.25, 0.3) is 5.91 Å². The molecule has 180 valence electrons. The maximum absolute atomic E-state index is 13.6. The van der Waals surface area contributed by atoms with Gasteiger partial charge in [-0.2, -0.15) is 0 Å². The number of aliphatic hydroxyl groups excluding tert-OH is 3. The van der Waals surface area contributed by atoms with Crippen molar-refractivity contribution < 1.29 is 39.9 Å². The second-order valence-electron chi connectivity index (χ2n) is 9.12. The van der Waals surface area contributed by atoms with Crippen LogP contribution in [0.5, 0.6) is 5.75 Å². The first-order valence-corrected chi connectivity index (χ1v) is 10.9. The minimum atomic E-state index is -2.86.